The number of hydrogen-bond donors (Lipinski definition) is 1. The largest absolute Gasteiger partial charge is 0.331 e. The van der Waals surface area contributed by atoms with E-state index in [1.165, 1.54) is 11.1 Å². The molecule has 2 aromatic carbocycles. The number of likely N-dealkylation sites (N-methyl/N-ethyl adjacent to an activating group) is 1. The summed E-state index contributed by atoms with van der Waals surface area (Å²) >= 11 is 0. The van der Waals surface area contributed by atoms with Gasteiger partial charge in [0.1, 0.15) is 6.29 Å². The van der Waals surface area contributed by atoms with Crippen LogP contribution in [0.15, 0.2) is 54.6 Å². The molecule has 3 heterocycles. The minimum Gasteiger partial charge on any atom is -0.331 e. The van der Waals surface area contributed by atoms with Gasteiger partial charge in [0, 0.05) is 30.9 Å². The Hall–Kier alpha value is -3.23. The molecule has 0 bridgehead atoms. The molecular formula is C33H49N5O3. The normalized spacial score (nSPS) is 20.1. The summed E-state index contributed by atoms with van der Waals surface area (Å²) in [6, 6.07) is 19.4. The van der Waals surface area contributed by atoms with Crippen molar-refractivity contribution < 1.29 is 14.4 Å². The Morgan fingerprint density at radius 3 is 2.20 bits per heavy atom. The summed E-state index contributed by atoms with van der Waals surface area (Å²) in [4.78, 5) is 42.5. The molecule has 0 spiro atoms. The average Bonchev–Trinajstić information content (AvgIpc) is 3.56. The van der Waals surface area contributed by atoms with Gasteiger partial charge in [-0.05, 0) is 91.0 Å². The lowest BCUT2D eigenvalue weighted by Crippen LogP contribution is -2.47. The third kappa shape index (κ3) is 8.39. The van der Waals surface area contributed by atoms with Gasteiger partial charge in [0.2, 0.25) is 5.91 Å². The zero-order valence-electron chi connectivity index (χ0n) is 25.8. The highest BCUT2D eigenvalue weighted by Gasteiger charge is 2.46. The first kappa shape index (κ1) is 32.3. The van der Waals surface area contributed by atoms with E-state index in [0.29, 0.717) is 18.4 Å². The van der Waals surface area contributed by atoms with Crippen molar-refractivity contribution in [3.8, 4) is 0 Å². The molecule has 8 heteroatoms. The van der Waals surface area contributed by atoms with Crippen LogP contribution in [0, 0.1) is 0 Å². The number of piperidine rings is 1. The van der Waals surface area contributed by atoms with Crippen LogP contribution in [-0.4, -0.2) is 98.9 Å². The third-order valence-electron chi connectivity index (χ3n) is 8.41. The van der Waals surface area contributed by atoms with Gasteiger partial charge in [-0.2, -0.15) is 0 Å². The Balaban J connectivity index is 0.000000184. The number of urea groups is 1. The summed E-state index contributed by atoms with van der Waals surface area (Å²) in [5, 5.41) is 2.53. The van der Waals surface area contributed by atoms with Crippen LogP contribution in [0.4, 0.5) is 10.5 Å². The molecule has 0 aliphatic carbocycles. The second-order valence-electron chi connectivity index (χ2n) is 11.9. The number of rotatable bonds is 5. The molecule has 2 aromatic rings. The molecule has 1 N–H and O–H groups in total. The zero-order chi connectivity index (χ0) is 30.0. The van der Waals surface area contributed by atoms with Gasteiger partial charge in [-0.15, -0.1) is 0 Å². The van der Waals surface area contributed by atoms with Crippen molar-refractivity contribution in [2.45, 2.75) is 64.0 Å². The first-order valence-corrected chi connectivity index (χ1v) is 14.9. The molecule has 1 atom stereocenters. The summed E-state index contributed by atoms with van der Waals surface area (Å²) in [6.07, 6.45) is 4.99. The van der Waals surface area contributed by atoms with E-state index >= 15 is 0 Å². The summed E-state index contributed by atoms with van der Waals surface area (Å²) < 4.78 is 0. The molecule has 3 aliphatic rings. The third-order valence-corrected chi connectivity index (χ3v) is 8.41. The maximum Gasteiger partial charge on any atom is 0.317 e. The summed E-state index contributed by atoms with van der Waals surface area (Å²) in [7, 11) is 6.18. The lowest BCUT2D eigenvalue weighted by atomic mass is 9.86. The fourth-order valence-corrected chi connectivity index (χ4v) is 5.66. The Morgan fingerprint density at radius 1 is 1.00 bits per heavy atom. The predicted octanol–water partition coefficient (Wildman–Crippen LogP) is 4.18. The molecule has 3 aliphatic heterocycles. The number of carbonyl (C=O) groups is 3. The van der Waals surface area contributed by atoms with E-state index in [9.17, 15) is 14.4 Å². The quantitative estimate of drug-likeness (QED) is 0.553. The monoisotopic (exact) mass is 563 g/mol. The predicted molar refractivity (Wildman–Crippen MR) is 166 cm³/mol. The number of aryl methyl sites for hydroxylation is 1. The second-order valence-corrected chi connectivity index (χ2v) is 11.9. The number of aldehydes is 1. The Labute approximate surface area is 246 Å². The Morgan fingerprint density at radius 2 is 1.63 bits per heavy atom. The minimum absolute atomic E-state index is 0.0992. The number of carbonyl (C=O) groups excluding carboxylic acids is 3. The fourth-order valence-electron chi connectivity index (χ4n) is 5.66. The number of nitrogens with zero attached hydrogens (tertiary/aromatic N) is 4. The van der Waals surface area contributed by atoms with Gasteiger partial charge >= 0.3 is 6.03 Å². The van der Waals surface area contributed by atoms with Crippen LogP contribution in [0.5, 0.6) is 0 Å². The smallest absolute Gasteiger partial charge is 0.317 e. The number of hydrogen-bond acceptors (Lipinski definition) is 5. The van der Waals surface area contributed by atoms with Gasteiger partial charge in [0.15, 0.2) is 0 Å². The van der Waals surface area contributed by atoms with Crippen LogP contribution in [-0.2, 0) is 21.4 Å². The van der Waals surface area contributed by atoms with Crippen molar-refractivity contribution in [2.75, 3.05) is 58.8 Å². The van der Waals surface area contributed by atoms with Crippen LogP contribution in [0.2, 0.25) is 0 Å². The standard InChI is InChI=1S/C16H22N2O.C9H17N3O2.C8H10/c1-16(2)13-6-4-5-7-14(13)18(15(16)19)12-8-10-17(3)11-9-12;1-11(2)8-3-5-12(7-8)9(14)10-4-6-13;1-2-8-6-4-3-5-7-8/h4-7,12H,8-11H2,1-3H3;6,8H,3-5,7H2,1-2H3,(H,10,14);3-7H,2H2,1H3. The first-order valence-electron chi connectivity index (χ1n) is 14.9. The molecule has 8 nitrogen and oxygen atoms in total. The molecule has 0 radical (unpaired) electrons. The number of benzene rings is 2. The van der Waals surface area contributed by atoms with Crippen LogP contribution >= 0.6 is 0 Å². The van der Waals surface area contributed by atoms with Crippen molar-refractivity contribution in [3.05, 3.63) is 65.7 Å². The van der Waals surface area contributed by atoms with Crippen LogP contribution < -0.4 is 10.2 Å². The average molecular weight is 564 g/mol. The van der Waals surface area contributed by atoms with Crippen molar-refractivity contribution in [1.29, 1.82) is 0 Å². The Bertz CT molecular complexity index is 1130. The Kier molecular flexibility index (Phi) is 11.9. The number of anilines is 1. The molecule has 41 heavy (non-hydrogen) atoms. The lowest BCUT2D eigenvalue weighted by molar-refractivity contribution is -0.122. The molecule has 2 fully saturated rings. The first-order chi connectivity index (χ1) is 19.6. The van der Waals surface area contributed by atoms with Crippen LogP contribution in [0.3, 0.4) is 0 Å². The fraction of sp³-hybridized carbons (Fsp3) is 0.545. The van der Waals surface area contributed by atoms with Crippen molar-refractivity contribution in [3.63, 3.8) is 0 Å². The van der Waals surface area contributed by atoms with E-state index in [1.807, 2.05) is 46.1 Å². The summed E-state index contributed by atoms with van der Waals surface area (Å²) in [5.74, 6) is 0.267. The van der Waals surface area contributed by atoms with E-state index < -0.39 is 0 Å². The number of fused-ring (bicyclic) bond motifs is 1. The molecule has 2 saturated heterocycles. The molecule has 0 aromatic heterocycles. The van der Waals surface area contributed by atoms with Crippen molar-refractivity contribution in [2.24, 2.45) is 0 Å². The molecule has 224 valence electrons. The van der Waals surface area contributed by atoms with E-state index in [4.69, 9.17) is 0 Å². The van der Waals surface area contributed by atoms with E-state index in [2.05, 4.69) is 70.4 Å². The molecular weight excluding hydrogens is 514 g/mol. The number of likely N-dealkylation sites (tertiary alicyclic amines) is 2. The number of nitrogens with one attached hydrogen (secondary N) is 1. The zero-order valence-corrected chi connectivity index (χ0v) is 25.8. The SMILES string of the molecule is CCc1ccccc1.CN(C)C1CCN(C(=O)NCC=O)C1.CN1CCC(N2C(=O)C(C)(C)c3ccccc32)CC1. The topological polar surface area (TPSA) is 76.2 Å². The van der Waals surface area contributed by atoms with Crippen LogP contribution in [0.1, 0.15) is 51.2 Å². The highest BCUT2D eigenvalue weighted by atomic mass is 16.2. The maximum atomic E-state index is 12.8. The molecule has 5 rings (SSSR count). The molecule has 1 unspecified atom stereocenters. The van der Waals surface area contributed by atoms with Gasteiger partial charge < -0.3 is 29.7 Å². The summed E-state index contributed by atoms with van der Waals surface area (Å²) in [5.41, 5.74) is 3.35. The van der Waals surface area contributed by atoms with Gasteiger partial charge in [0.05, 0.1) is 12.0 Å². The van der Waals surface area contributed by atoms with Crippen molar-refractivity contribution in [1.82, 2.24) is 20.0 Å². The second kappa shape index (κ2) is 15.1. The maximum absolute atomic E-state index is 12.8. The van der Waals surface area contributed by atoms with E-state index in [-0.39, 0.29) is 23.9 Å². The number of para-hydroxylation sites is 1. The van der Waals surface area contributed by atoms with Gasteiger partial charge in [0.25, 0.3) is 0 Å². The lowest BCUT2D eigenvalue weighted by Gasteiger charge is -2.36. The van der Waals surface area contributed by atoms with E-state index in [1.54, 1.807) is 4.90 Å². The highest BCUT2D eigenvalue weighted by Crippen LogP contribution is 2.43. The molecule has 0 saturated carbocycles. The van der Waals surface area contributed by atoms with Gasteiger partial charge in [-0.3, -0.25) is 4.79 Å². The minimum atomic E-state index is -0.375. The van der Waals surface area contributed by atoms with Gasteiger partial charge in [-0.25, -0.2) is 4.79 Å². The summed E-state index contributed by atoms with van der Waals surface area (Å²) in [6.45, 7) is 10.0. The van der Waals surface area contributed by atoms with Crippen molar-refractivity contribution >= 4 is 23.9 Å². The van der Waals surface area contributed by atoms with Gasteiger partial charge in [-0.1, -0.05) is 55.5 Å². The van der Waals surface area contributed by atoms with E-state index in [0.717, 1.165) is 57.5 Å². The number of amides is 3. The highest BCUT2D eigenvalue weighted by molar-refractivity contribution is 6.08. The van der Waals surface area contributed by atoms with Crippen LogP contribution in [0.25, 0.3) is 0 Å². The molecule has 3 amide bonds.